The standard InChI is InChI=1S/C23H26N4O2/c1-2-13-27-14-5-7-18-15-17(9-10-21(18)27)11-12-25-22(28)23(29)26-20-8-4-3-6-19(20)16-24/h3-4,6,8-10,15H,2,5,7,11-14H2,1H3,(H,25,28)(H,26,29). The Morgan fingerprint density at radius 3 is 2.79 bits per heavy atom. The third kappa shape index (κ3) is 5.14. The Bertz CT molecular complexity index is 933. The predicted octanol–water partition coefficient (Wildman–Crippen LogP) is 3.02. The second-order valence-electron chi connectivity index (χ2n) is 7.17. The third-order valence-corrected chi connectivity index (χ3v) is 5.05. The summed E-state index contributed by atoms with van der Waals surface area (Å²) < 4.78 is 0. The summed E-state index contributed by atoms with van der Waals surface area (Å²) >= 11 is 0. The molecule has 1 heterocycles. The highest BCUT2D eigenvalue weighted by Gasteiger charge is 2.17. The second kappa shape index (κ2) is 9.74. The van der Waals surface area contributed by atoms with Crippen molar-refractivity contribution in [3.8, 4) is 6.07 Å². The van der Waals surface area contributed by atoms with Crippen LogP contribution in [0.3, 0.4) is 0 Å². The van der Waals surface area contributed by atoms with Gasteiger partial charge in [0.25, 0.3) is 0 Å². The van der Waals surface area contributed by atoms with Gasteiger partial charge in [0, 0.05) is 25.3 Å². The summed E-state index contributed by atoms with van der Waals surface area (Å²) in [7, 11) is 0. The summed E-state index contributed by atoms with van der Waals surface area (Å²) in [4.78, 5) is 26.6. The van der Waals surface area contributed by atoms with Gasteiger partial charge in [-0.25, -0.2) is 0 Å². The van der Waals surface area contributed by atoms with Crippen molar-refractivity contribution in [3.63, 3.8) is 0 Å². The molecule has 0 fully saturated rings. The van der Waals surface area contributed by atoms with E-state index < -0.39 is 11.8 Å². The zero-order valence-electron chi connectivity index (χ0n) is 16.7. The Balaban J connectivity index is 1.52. The number of carbonyl (C=O) groups excluding carboxylic acids is 2. The average molecular weight is 390 g/mol. The highest BCUT2D eigenvalue weighted by Crippen LogP contribution is 2.28. The van der Waals surface area contributed by atoms with E-state index >= 15 is 0 Å². The molecule has 0 saturated carbocycles. The summed E-state index contributed by atoms with van der Waals surface area (Å²) in [6, 6.07) is 15.1. The number of benzene rings is 2. The van der Waals surface area contributed by atoms with E-state index in [1.165, 1.54) is 11.3 Å². The number of hydrogen-bond donors (Lipinski definition) is 2. The molecule has 0 aliphatic carbocycles. The lowest BCUT2D eigenvalue weighted by molar-refractivity contribution is -0.136. The van der Waals surface area contributed by atoms with Crippen LogP contribution in [0.2, 0.25) is 0 Å². The Morgan fingerprint density at radius 1 is 1.17 bits per heavy atom. The molecule has 29 heavy (non-hydrogen) atoms. The SMILES string of the molecule is CCCN1CCCc2cc(CCNC(=O)C(=O)Nc3ccccc3C#N)ccc21. The molecule has 2 aromatic rings. The maximum Gasteiger partial charge on any atom is 0.313 e. The number of carbonyl (C=O) groups is 2. The number of fused-ring (bicyclic) bond motifs is 1. The number of nitrogens with zero attached hydrogens (tertiary/aromatic N) is 2. The van der Waals surface area contributed by atoms with Crippen LogP contribution in [0.15, 0.2) is 42.5 Å². The fourth-order valence-corrected chi connectivity index (χ4v) is 3.66. The highest BCUT2D eigenvalue weighted by atomic mass is 16.2. The van der Waals surface area contributed by atoms with Crippen molar-refractivity contribution in [2.24, 2.45) is 0 Å². The molecular weight excluding hydrogens is 364 g/mol. The fourth-order valence-electron chi connectivity index (χ4n) is 3.66. The number of anilines is 2. The molecule has 6 nitrogen and oxygen atoms in total. The lowest BCUT2D eigenvalue weighted by Gasteiger charge is -2.31. The summed E-state index contributed by atoms with van der Waals surface area (Å²) in [5.41, 5.74) is 4.49. The van der Waals surface area contributed by atoms with Gasteiger partial charge in [0.05, 0.1) is 11.3 Å². The minimum Gasteiger partial charge on any atom is -0.371 e. The zero-order valence-corrected chi connectivity index (χ0v) is 16.7. The van der Waals surface area contributed by atoms with Crippen LogP contribution in [0.25, 0.3) is 0 Å². The molecule has 1 aliphatic rings. The average Bonchev–Trinajstić information content (AvgIpc) is 2.74. The quantitative estimate of drug-likeness (QED) is 0.743. The summed E-state index contributed by atoms with van der Waals surface area (Å²) in [6.07, 6.45) is 4.04. The van der Waals surface area contributed by atoms with Gasteiger partial charge in [-0.05, 0) is 55.0 Å². The van der Waals surface area contributed by atoms with Gasteiger partial charge >= 0.3 is 11.8 Å². The van der Waals surface area contributed by atoms with Crippen LogP contribution in [0, 0.1) is 11.3 Å². The summed E-state index contributed by atoms with van der Waals surface area (Å²) in [6.45, 7) is 4.76. The molecule has 0 saturated heterocycles. The molecule has 150 valence electrons. The van der Waals surface area contributed by atoms with Gasteiger partial charge in [-0.2, -0.15) is 5.26 Å². The van der Waals surface area contributed by atoms with E-state index in [2.05, 4.69) is 40.7 Å². The van der Waals surface area contributed by atoms with Gasteiger partial charge in [-0.1, -0.05) is 31.2 Å². The summed E-state index contributed by atoms with van der Waals surface area (Å²) in [5, 5.41) is 14.2. The molecule has 0 unspecified atom stereocenters. The number of para-hydroxylation sites is 1. The van der Waals surface area contributed by atoms with Crippen LogP contribution in [0.1, 0.15) is 36.5 Å². The Morgan fingerprint density at radius 2 is 2.00 bits per heavy atom. The molecule has 2 N–H and O–H groups in total. The first-order valence-corrected chi connectivity index (χ1v) is 10.1. The Kier molecular flexibility index (Phi) is 6.85. The van der Waals surface area contributed by atoms with Crippen LogP contribution in [0.5, 0.6) is 0 Å². The monoisotopic (exact) mass is 390 g/mol. The molecular formula is C23H26N4O2. The van der Waals surface area contributed by atoms with Gasteiger partial charge in [-0.15, -0.1) is 0 Å². The first-order valence-electron chi connectivity index (χ1n) is 10.1. The van der Waals surface area contributed by atoms with Gasteiger partial charge in [-0.3, -0.25) is 9.59 Å². The summed E-state index contributed by atoms with van der Waals surface area (Å²) in [5.74, 6) is -1.47. The zero-order chi connectivity index (χ0) is 20.6. The van der Waals surface area contributed by atoms with E-state index in [0.29, 0.717) is 24.2 Å². The van der Waals surface area contributed by atoms with Crippen molar-refractivity contribution >= 4 is 23.2 Å². The first kappa shape index (κ1) is 20.4. The van der Waals surface area contributed by atoms with Gasteiger partial charge in [0.1, 0.15) is 6.07 Å². The van der Waals surface area contributed by atoms with E-state index in [9.17, 15) is 9.59 Å². The number of rotatable bonds is 6. The molecule has 0 atom stereocenters. The number of amides is 2. The second-order valence-corrected chi connectivity index (χ2v) is 7.17. The van der Waals surface area contributed by atoms with Gasteiger partial charge in [0.2, 0.25) is 0 Å². The van der Waals surface area contributed by atoms with Crippen molar-refractivity contribution < 1.29 is 9.59 Å². The fraction of sp³-hybridized carbons (Fsp3) is 0.348. The molecule has 0 aromatic heterocycles. The number of hydrogen-bond acceptors (Lipinski definition) is 4. The smallest absolute Gasteiger partial charge is 0.313 e. The van der Waals surface area contributed by atoms with Gasteiger partial charge < -0.3 is 15.5 Å². The Hall–Kier alpha value is -3.33. The topological polar surface area (TPSA) is 85.2 Å². The number of nitriles is 1. The van der Waals surface area contributed by atoms with Crippen molar-refractivity contribution in [2.45, 2.75) is 32.6 Å². The maximum absolute atomic E-state index is 12.1. The number of nitrogens with one attached hydrogen (secondary N) is 2. The largest absolute Gasteiger partial charge is 0.371 e. The number of aryl methyl sites for hydroxylation is 1. The van der Waals surface area contributed by atoms with Crippen molar-refractivity contribution in [1.82, 2.24) is 5.32 Å². The van der Waals surface area contributed by atoms with E-state index in [4.69, 9.17) is 5.26 Å². The van der Waals surface area contributed by atoms with Crippen LogP contribution in [-0.4, -0.2) is 31.4 Å². The molecule has 0 bridgehead atoms. The van der Waals surface area contributed by atoms with E-state index in [0.717, 1.165) is 37.9 Å². The predicted molar refractivity (Wildman–Crippen MR) is 114 cm³/mol. The van der Waals surface area contributed by atoms with Gasteiger partial charge in [0.15, 0.2) is 0 Å². The minimum atomic E-state index is -0.770. The Labute approximate surface area is 171 Å². The van der Waals surface area contributed by atoms with Crippen LogP contribution >= 0.6 is 0 Å². The van der Waals surface area contributed by atoms with E-state index in [1.807, 2.05) is 6.07 Å². The molecule has 2 aromatic carbocycles. The molecule has 3 rings (SSSR count). The molecule has 6 heteroatoms. The van der Waals surface area contributed by atoms with Crippen molar-refractivity contribution in [3.05, 3.63) is 59.2 Å². The molecule has 1 aliphatic heterocycles. The maximum atomic E-state index is 12.1. The molecule has 0 spiro atoms. The van der Waals surface area contributed by atoms with Crippen LogP contribution < -0.4 is 15.5 Å². The molecule has 2 amide bonds. The van der Waals surface area contributed by atoms with E-state index in [1.54, 1.807) is 24.3 Å². The van der Waals surface area contributed by atoms with Crippen LogP contribution in [0.4, 0.5) is 11.4 Å². The lowest BCUT2D eigenvalue weighted by Crippen LogP contribution is -2.36. The molecule has 0 radical (unpaired) electrons. The lowest BCUT2D eigenvalue weighted by atomic mass is 9.98. The normalized spacial score (nSPS) is 12.6. The first-order chi connectivity index (χ1) is 14.1. The van der Waals surface area contributed by atoms with Crippen molar-refractivity contribution in [2.75, 3.05) is 29.9 Å². The third-order valence-electron chi connectivity index (χ3n) is 5.05. The minimum absolute atomic E-state index is 0.319. The van der Waals surface area contributed by atoms with Crippen LogP contribution in [-0.2, 0) is 22.4 Å². The van der Waals surface area contributed by atoms with Crippen molar-refractivity contribution in [1.29, 1.82) is 5.26 Å². The van der Waals surface area contributed by atoms with E-state index in [-0.39, 0.29) is 0 Å². The highest BCUT2D eigenvalue weighted by molar-refractivity contribution is 6.39.